The van der Waals surface area contributed by atoms with Crippen molar-refractivity contribution in [1.29, 1.82) is 0 Å². The summed E-state index contributed by atoms with van der Waals surface area (Å²) in [4.78, 5) is 13.7. The highest BCUT2D eigenvalue weighted by Gasteiger charge is 2.04. The van der Waals surface area contributed by atoms with Crippen LogP contribution < -0.4 is 15.5 Å². The van der Waals surface area contributed by atoms with Crippen LogP contribution >= 0.6 is 0 Å². The first-order valence-electron chi connectivity index (χ1n) is 6.29. The molecule has 0 aliphatic rings. The van der Waals surface area contributed by atoms with E-state index < -0.39 is 0 Å². The maximum Gasteiger partial charge on any atom is 0.225 e. The van der Waals surface area contributed by atoms with Crippen LogP contribution in [0.5, 0.6) is 0 Å². The average molecular weight is 249 g/mol. The zero-order valence-corrected chi connectivity index (χ0v) is 11.7. The number of anilines is 2. The molecule has 0 saturated carbocycles. The van der Waals surface area contributed by atoms with Crippen LogP contribution in [0.4, 0.5) is 11.4 Å². The Balaban J connectivity index is 2.46. The Morgan fingerprint density at radius 1 is 1.33 bits per heavy atom. The summed E-state index contributed by atoms with van der Waals surface area (Å²) in [6.45, 7) is 4.84. The number of amides is 1. The third-order valence-electron chi connectivity index (χ3n) is 2.55. The summed E-state index contributed by atoms with van der Waals surface area (Å²) in [7, 11) is 3.96. The molecule has 100 valence electrons. The molecule has 1 aromatic rings. The Hall–Kier alpha value is -1.55. The molecule has 18 heavy (non-hydrogen) atoms. The van der Waals surface area contributed by atoms with Gasteiger partial charge in [-0.25, -0.2) is 0 Å². The molecular weight excluding hydrogens is 226 g/mol. The van der Waals surface area contributed by atoms with Crippen molar-refractivity contribution >= 4 is 17.3 Å². The maximum atomic E-state index is 11.7. The molecule has 0 atom stereocenters. The van der Waals surface area contributed by atoms with Gasteiger partial charge in [0.2, 0.25) is 5.91 Å². The first-order chi connectivity index (χ1) is 8.49. The molecule has 0 aliphatic carbocycles. The highest BCUT2D eigenvalue weighted by molar-refractivity contribution is 5.91. The van der Waals surface area contributed by atoms with Gasteiger partial charge in [-0.05, 0) is 18.2 Å². The van der Waals surface area contributed by atoms with E-state index in [-0.39, 0.29) is 5.91 Å². The molecule has 4 nitrogen and oxygen atoms in total. The van der Waals surface area contributed by atoms with E-state index in [9.17, 15) is 4.79 Å². The van der Waals surface area contributed by atoms with Gasteiger partial charge in [-0.3, -0.25) is 4.79 Å². The molecule has 1 aromatic carbocycles. The van der Waals surface area contributed by atoms with E-state index in [1.54, 1.807) is 0 Å². The summed E-state index contributed by atoms with van der Waals surface area (Å²) in [6.07, 6.45) is 0.490. The van der Waals surface area contributed by atoms with Crippen molar-refractivity contribution in [2.75, 3.05) is 30.9 Å². The molecule has 0 aromatic heterocycles. The highest BCUT2D eigenvalue weighted by Crippen LogP contribution is 2.17. The summed E-state index contributed by atoms with van der Waals surface area (Å²) in [5.41, 5.74) is 1.92. The largest absolute Gasteiger partial charge is 0.378 e. The van der Waals surface area contributed by atoms with Crippen LogP contribution in [0.2, 0.25) is 0 Å². The molecule has 0 heterocycles. The number of hydrogen-bond donors (Lipinski definition) is 2. The van der Waals surface area contributed by atoms with E-state index >= 15 is 0 Å². The predicted molar refractivity (Wildman–Crippen MR) is 77.2 cm³/mol. The SMILES string of the molecule is CC(C)NCCC(=O)Nc1cccc(N(C)C)c1. The fraction of sp³-hybridized carbons (Fsp3) is 0.500. The summed E-state index contributed by atoms with van der Waals surface area (Å²) in [6, 6.07) is 8.23. The van der Waals surface area contributed by atoms with E-state index in [0.717, 1.165) is 11.4 Å². The van der Waals surface area contributed by atoms with Gasteiger partial charge in [0.15, 0.2) is 0 Å². The molecule has 0 spiro atoms. The van der Waals surface area contributed by atoms with Crippen LogP contribution in [0.3, 0.4) is 0 Å². The van der Waals surface area contributed by atoms with E-state index in [1.807, 2.05) is 43.3 Å². The van der Waals surface area contributed by atoms with Crippen molar-refractivity contribution < 1.29 is 4.79 Å². The van der Waals surface area contributed by atoms with Crippen molar-refractivity contribution in [3.63, 3.8) is 0 Å². The van der Waals surface area contributed by atoms with Crippen molar-refractivity contribution in [2.45, 2.75) is 26.3 Å². The average Bonchev–Trinajstić information content (AvgIpc) is 2.28. The van der Waals surface area contributed by atoms with Gasteiger partial charge in [0.25, 0.3) is 0 Å². The molecule has 2 N–H and O–H groups in total. The maximum absolute atomic E-state index is 11.7. The number of benzene rings is 1. The molecule has 0 aliphatic heterocycles. The lowest BCUT2D eigenvalue weighted by Crippen LogP contribution is -2.27. The van der Waals surface area contributed by atoms with Crippen molar-refractivity contribution in [3.05, 3.63) is 24.3 Å². The van der Waals surface area contributed by atoms with E-state index in [1.165, 1.54) is 0 Å². The molecular formula is C14H23N3O. The van der Waals surface area contributed by atoms with Crippen molar-refractivity contribution in [2.24, 2.45) is 0 Å². The standard InChI is InChI=1S/C14H23N3O/c1-11(2)15-9-8-14(18)16-12-6-5-7-13(10-12)17(3)4/h5-7,10-11,15H,8-9H2,1-4H3,(H,16,18). The van der Waals surface area contributed by atoms with Gasteiger partial charge in [-0.1, -0.05) is 19.9 Å². The number of nitrogens with one attached hydrogen (secondary N) is 2. The fourth-order valence-electron chi connectivity index (χ4n) is 1.56. The molecule has 0 saturated heterocycles. The highest BCUT2D eigenvalue weighted by atomic mass is 16.1. The second-order valence-corrected chi connectivity index (χ2v) is 4.85. The summed E-state index contributed by atoms with van der Waals surface area (Å²) < 4.78 is 0. The molecule has 0 bridgehead atoms. The van der Waals surface area contributed by atoms with Gasteiger partial charge in [0, 0.05) is 44.5 Å². The van der Waals surface area contributed by atoms with Crippen LogP contribution in [0, 0.1) is 0 Å². The summed E-state index contributed by atoms with van der Waals surface area (Å²) >= 11 is 0. The Morgan fingerprint density at radius 3 is 2.67 bits per heavy atom. The Bertz CT molecular complexity index is 388. The quantitative estimate of drug-likeness (QED) is 0.811. The summed E-state index contributed by atoms with van der Waals surface area (Å²) in [5.74, 6) is 0.0408. The monoisotopic (exact) mass is 249 g/mol. The number of rotatable bonds is 6. The molecule has 0 fully saturated rings. The third kappa shape index (κ3) is 5.19. The van der Waals surface area contributed by atoms with Gasteiger partial charge in [-0.2, -0.15) is 0 Å². The minimum atomic E-state index is 0.0408. The number of carbonyl (C=O) groups is 1. The third-order valence-corrected chi connectivity index (χ3v) is 2.55. The number of carbonyl (C=O) groups excluding carboxylic acids is 1. The van der Waals surface area contributed by atoms with Crippen LogP contribution in [0.15, 0.2) is 24.3 Å². The number of nitrogens with zero attached hydrogens (tertiary/aromatic N) is 1. The second-order valence-electron chi connectivity index (χ2n) is 4.85. The van der Waals surface area contributed by atoms with Crippen molar-refractivity contribution in [3.8, 4) is 0 Å². The minimum Gasteiger partial charge on any atom is -0.378 e. The normalized spacial score (nSPS) is 10.5. The lowest BCUT2D eigenvalue weighted by molar-refractivity contribution is -0.116. The minimum absolute atomic E-state index is 0.0408. The van der Waals surface area contributed by atoms with Gasteiger partial charge in [0.05, 0.1) is 0 Å². The smallest absolute Gasteiger partial charge is 0.225 e. The molecule has 4 heteroatoms. The first kappa shape index (κ1) is 14.5. The summed E-state index contributed by atoms with van der Waals surface area (Å²) in [5, 5.41) is 6.13. The zero-order chi connectivity index (χ0) is 13.5. The van der Waals surface area contributed by atoms with Gasteiger partial charge < -0.3 is 15.5 Å². The second kappa shape index (κ2) is 7.01. The predicted octanol–water partition coefficient (Wildman–Crippen LogP) is 2.08. The van der Waals surface area contributed by atoms with Crippen LogP contribution in [-0.4, -0.2) is 32.6 Å². The van der Waals surface area contributed by atoms with E-state index in [0.29, 0.717) is 19.0 Å². The van der Waals surface area contributed by atoms with E-state index in [2.05, 4.69) is 24.5 Å². The van der Waals surface area contributed by atoms with Gasteiger partial charge in [-0.15, -0.1) is 0 Å². The van der Waals surface area contributed by atoms with Gasteiger partial charge >= 0.3 is 0 Å². The molecule has 0 unspecified atom stereocenters. The van der Waals surface area contributed by atoms with Gasteiger partial charge in [0.1, 0.15) is 0 Å². The topological polar surface area (TPSA) is 44.4 Å². The zero-order valence-electron chi connectivity index (χ0n) is 11.7. The fourth-order valence-corrected chi connectivity index (χ4v) is 1.56. The Kier molecular flexibility index (Phi) is 5.65. The Labute approximate surface area is 109 Å². The number of hydrogen-bond acceptors (Lipinski definition) is 3. The van der Waals surface area contributed by atoms with E-state index in [4.69, 9.17) is 0 Å². The lowest BCUT2D eigenvalue weighted by Gasteiger charge is -2.14. The van der Waals surface area contributed by atoms with Crippen molar-refractivity contribution in [1.82, 2.24) is 5.32 Å². The first-order valence-corrected chi connectivity index (χ1v) is 6.29. The Morgan fingerprint density at radius 2 is 2.06 bits per heavy atom. The van der Waals surface area contributed by atoms with Crippen LogP contribution in [0.1, 0.15) is 20.3 Å². The molecule has 0 radical (unpaired) electrons. The van der Waals surface area contributed by atoms with Crippen LogP contribution in [-0.2, 0) is 4.79 Å². The molecule has 1 rings (SSSR count). The lowest BCUT2D eigenvalue weighted by atomic mass is 10.2. The van der Waals surface area contributed by atoms with Crippen LogP contribution in [0.25, 0.3) is 0 Å². The molecule has 1 amide bonds.